The lowest BCUT2D eigenvalue weighted by Crippen LogP contribution is -2.56. The van der Waals surface area contributed by atoms with Crippen LogP contribution >= 0.6 is 0 Å². The number of pyridine rings is 1. The summed E-state index contributed by atoms with van der Waals surface area (Å²) in [4.78, 5) is 5.97. The third-order valence-electron chi connectivity index (χ3n) is 3.70. The van der Waals surface area contributed by atoms with Gasteiger partial charge in [-0.25, -0.2) is 14.8 Å². The van der Waals surface area contributed by atoms with Crippen molar-refractivity contribution in [2.24, 2.45) is 0 Å². The molecule has 3 N–H and O–H groups in total. The standard InChI is InChI=1S/C12H19FN4O/c1-12(6-3-7-17(12)2)11(18)16-15-10-5-4-9(13)8-14-10/h4-5,8,11,16,18H,3,6-7H2,1-2H3,(H,14,15)/t11?,12-/m0/s1. The third-order valence-corrected chi connectivity index (χ3v) is 3.70. The van der Waals surface area contributed by atoms with Crippen LogP contribution in [0.15, 0.2) is 18.3 Å². The Labute approximate surface area is 106 Å². The number of nitrogens with zero attached hydrogens (tertiary/aromatic N) is 2. The largest absolute Gasteiger partial charge is 0.375 e. The average molecular weight is 254 g/mol. The van der Waals surface area contributed by atoms with Crippen molar-refractivity contribution in [1.29, 1.82) is 0 Å². The van der Waals surface area contributed by atoms with Gasteiger partial charge in [-0.1, -0.05) is 0 Å². The predicted octanol–water partition coefficient (Wildman–Crippen LogP) is 0.940. The van der Waals surface area contributed by atoms with Crippen molar-refractivity contribution in [2.75, 3.05) is 19.0 Å². The van der Waals surface area contributed by atoms with Crippen molar-refractivity contribution in [3.63, 3.8) is 0 Å². The molecule has 0 saturated carbocycles. The van der Waals surface area contributed by atoms with Crippen molar-refractivity contribution >= 4 is 5.82 Å². The van der Waals surface area contributed by atoms with Gasteiger partial charge in [-0.05, 0) is 45.5 Å². The minimum absolute atomic E-state index is 0.299. The zero-order valence-corrected chi connectivity index (χ0v) is 10.7. The highest BCUT2D eigenvalue weighted by molar-refractivity contribution is 5.32. The molecule has 1 unspecified atom stereocenters. The lowest BCUT2D eigenvalue weighted by atomic mass is 9.97. The highest BCUT2D eigenvalue weighted by Gasteiger charge is 2.40. The van der Waals surface area contributed by atoms with Crippen LogP contribution in [0.3, 0.4) is 0 Å². The summed E-state index contributed by atoms with van der Waals surface area (Å²) in [6.45, 7) is 2.99. The molecule has 1 aromatic heterocycles. The fourth-order valence-electron chi connectivity index (χ4n) is 2.21. The summed E-state index contributed by atoms with van der Waals surface area (Å²) in [5.41, 5.74) is 5.30. The maximum atomic E-state index is 12.7. The van der Waals surface area contributed by atoms with Crippen molar-refractivity contribution in [2.45, 2.75) is 31.5 Å². The number of aliphatic hydroxyl groups excluding tert-OH is 1. The number of likely N-dealkylation sites (tertiary alicyclic amines) is 1. The molecule has 1 aliphatic rings. The zero-order valence-electron chi connectivity index (χ0n) is 10.7. The summed E-state index contributed by atoms with van der Waals surface area (Å²) in [5, 5.41) is 10.2. The van der Waals surface area contributed by atoms with Gasteiger partial charge in [-0.15, -0.1) is 0 Å². The summed E-state index contributed by atoms with van der Waals surface area (Å²) < 4.78 is 12.7. The second kappa shape index (κ2) is 5.17. The van der Waals surface area contributed by atoms with E-state index in [1.807, 2.05) is 14.0 Å². The van der Waals surface area contributed by atoms with Gasteiger partial charge in [0.2, 0.25) is 0 Å². The van der Waals surface area contributed by atoms with Gasteiger partial charge in [0.1, 0.15) is 17.9 Å². The van der Waals surface area contributed by atoms with E-state index in [4.69, 9.17) is 0 Å². The van der Waals surface area contributed by atoms with Gasteiger partial charge in [0.25, 0.3) is 0 Å². The first-order valence-corrected chi connectivity index (χ1v) is 6.05. The first-order chi connectivity index (χ1) is 8.52. The maximum absolute atomic E-state index is 12.7. The van der Waals surface area contributed by atoms with Crippen LogP contribution in [-0.2, 0) is 0 Å². The van der Waals surface area contributed by atoms with E-state index >= 15 is 0 Å². The monoisotopic (exact) mass is 254 g/mol. The fourth-order valence-corrected chi connectivity index (χ4v) is 2.21. The highest BCUT2D eigenvalue weighted by atomic mass is 19.1. The molecule has 18 heavy (non-hydrogen) atoms. The van der Waals surface area contributed by atoms with E-state index in [9.17, 15) is 9.50 Å². The van der Waals surface area contributed by atoms with E-state index in [1.54, 1.807) is 0 Å². The predicted molar refractivity (Wildman–Crippen MR) is 67.2 cm³/mol. The van der Waals surface area contributed by atoms with E-state index < -0.39 is 6.23 Å². The molecule has 0 aromatic carbocycles. The van der Waals surface area contributed by atoms with Crippen LogP contribution in [0.4, 0.5) is 10.2 Å². The molecule has 1 aliphatic heterocycles. The molecular weight excluding hydrogens is 235 g/mol. The van der Waals surface area contributed by atoms with Crippen molar-refractivity contribution < 1.29 is 9.50 Å². The summed E-state index contributed by atoms with van der Waals surface area (Å²) >= 11 is 0. The summed E-state index contributed by atoms with van der Waals surface area (Å²) in [7, 11) is 1.99. The summed E-state index contributed by atoms with van der Waals surface area (Å²) in [6.07, 6.45) is 2.40. The van der Waals surface area contributed by atoms with Gasteiger partial charge in [0.05, 0.1) is 11.7 Å². The van der Waals surface area contributed by atoms with E-state index in [1.165, 1.54) is 12.1 Å². The molecule has 1 saturated heterocycles. The molecule has 2 heterocycles. The molecule has 1 fully saturated rings. The van der Waals surface area contributed by atoms with Crippen LogP contribution in [0.2, 0.25) is 0 Å². The van der Waals surface area contributed by atoms with Crippen LogP contribution in [0, 0.1) is 5.82 Å². The third kappa shape index (κ3) is 2.60. The Hall–Kier alpha value is -1.24. The Morgan fingerprint density at radius 3 is 2.89 bits per heavy atom. The Balaban J connectivity index is 1.92. The van der Waals surface area contributed by atoms with Crippen LogP contribution in [0.5, 0.6) is 0 Å². The van der Waals surface area contributed by atoms with Gasteiger partial charge in [0, 0.05) is 0 Å². The summed E-state index contributed by atoms with van der Waals surface area (Å²) in [6, 6.07) is 2.82. The number of hydrogen-bond donors (Lipinski definition) is 3. The molecular formula is C12H19FN4O. The molecule has 2 atom stereocenters. The molecule has 6 heteroatoms. The average Bonchev–Trinajstić information content (AvgIpc) is 2.70. The lowest BCUT2D eigenvalue weighted by Gasteiger charge is -2.37. The first kappa shape index (κ1) is 13.2. The molecule has 0 amide bonds. The van der Waals surface area contributed by atoms with Crippen molar-refractivity contribution in [3.05, 3.63) is 24.1 Å². The number of nitrogens with one attached hydrogen (secondary N) is 2. The zero-order chi connectivity index (χ0) is 13.2. The molecule has 0 aliphatic carbocycles. The Kier molecular flexibility index (Phi) is 3.79. The molecule has 100 valence electrons. The molecule has 0 spiro atoms. The molecule has 0 radical (unpaired) electrons. The van der Waals surface area contributed by atoms with Crippen molar-refractivity contribution in [3.8, 4) is 0 Å². The topological polar surface area (TPSA) is 60.4 Å². The van der Waals surface area contributed by atoms with Gasteiger partial charge in [0.15, 0.2) is 0 Å². The number of aromatic nitrogens is 1. The Morgan fingerprint density at radius 2 is 2.33 bits per heavy atom. The first-order valence-electron chi connectivity index (χ1n) is 6.05. The van der Waals surface area contributed by atoms with Gasteiger partial charge < -0.3 is 10.5 Å². The number of anilines is 1. The fraction of sp³-hybridized carbons (Fsp3) is 0.583. The van der Waals surface area contributed by atoms with E-state index in [0.29, 0.717) is 5.82 Å². The van der Waals surface area contributed by atoms with Crippen LogP contribution in [0.1, 0.15) is 19.8 Å². The SMILES string of the molecule is CN1CCC[C@@]1(C)C(O)NNc1ccc(F)cn1. The van der Waals surface area contributed by atoms with Gasteiger partial charge in [-0.3, -0.25) is 4.90 Å². The summed E-state index contributed by atoms with van der Waals surface area (Å²) in [5.74, 6) is 0.0864. The quantitative estimate of drug-likeness (QED) is 0.551. The Bertz CT molecular complexity index is 400. The van der Waals surface area contributed by atoms with Gasteiger partial charge >= 0.3 is 0 Å². The lowest BCUT2D eigenvalue weighted by molar-refractivity contribution is -0.000551. The number of hydrogen-bond acceptors (Lipinski definition) is 5. The second-order valence-corrected chi connectivity index (χ2v) is 4.92. The highest BCUT2D eigenvalue weighted by Crippen LogP contribution is 2.29. The molecule has 5 nitrogen and oxygen atoms in total. The van der Waals surface area contributed by atoms with Crippen LogP contribution < -0.4 is 10.9 Å². The number of hydrazine groups is 1. The minimum atomic E-state index is -0.725. The number of rotatable bonds is 4. The van der Waals surface area contributed by atoms with E-state index in [0.717, 1.165) is 25.6 Å². The van der Waals surface area contributed by atoms with E-state index in [2.05, 4.69) is 20.7 Å². The number of halogens is 1. The van der Waals surface area contributed by atoms with Crippen LogP contribution in [-0.4, -0.2) is 40.3 Å². The van der Waals surface area contributed by atoms with Crippen LogP contribution in [0.25, 0.3) is 0 Å². The Morgan fingerprint density at radius 1 is 1.56 bits per heavy atom. The number of likely N-dealkylation sites (N-methyl/N-ethyl adjacent to an activating group) is 1. The normalized spacial score (nSPS) is 26.2. The maximum Gasteiger partial charge on any atom is 0.141 e. The van der Waals surface area contributed by atoms with Gasteiger partial charge in [-0.2, -0.15) is 0 Å². The molecule has 0 bridgehead atoms. The second-order valence-electron chi connectivity index (χ2n) is 4.92. The van der Waals surface area contributed by atoms with Crippen molar-refractivity contribution in [1.82, 2.24) is 15.3 Å². The molecule has 2 rings (SSSR count). The smallest absolute Gasteiger partial charge is 0.141 e. The minimum Gasteiger partial charge on any atom is -0.375 e. The van der Waals surface area contributed by atoms with E-state index in [-0.39, 0.29) is 11.4 Å². The molecule has 1 aromatic rings. The number of aliphatic hydroxyl groups is 1.